The maximum atomic E-state index is 14.2. The molecule has 0 saturated carbocycles. The molecular formula is C37H32N4O6. The van der Waals surface area contributed by atoms with E-state index in [0.717, 1.165) is 16.7 Å². The van der Waals surface area contributed by atoms with Gasteiger partial charge in [0.1, 0.15) is 17.7 Å². The van der Waals surface area contributed by atoms with Crippen LogP contribution in [0.4, 0.5) is 17.1 Å². The number of hydrogen-bond donors (Lipinski definition) is 1. The molecule has 0 aromatic heterocycles. The molecule has 0 saturated heterocycles. The van der Waals surface area contributed by atoms with Gasteiger partial charge in [0.25, 0.3) is 17.5 Å². The van der Waals surface area contributed by atoms with Crippen LogP contribution in [0, 0.1) is 10.1 Å². The minimum Gasteiger partial charge on any atom is -0.495 e. The summed E-state index contributed by atoms with van der Waals surface area (Å²) in [6, 6.07) is 38.3. The molecular weight excluding hydrogens is 596 g/mol. The molecule has 0 aliphatic carbocycles. The summed E-state index contributed by atoms with van der Waals surface area (Å²) in [5.41, 5.74) is 4.00. The quantitative estimate of drug-likeness (QED) is 0.124. The molecule has 47 heavy (non-hydrogen) atoms. The van der Waals surface area contributed by atoms with Crippen LogP contribution in [0.2, 0.25) is 0 Å². The third-order valence-electron chi connectivity index (χ3n) is 7.90. The highest BCUT2D eigenvalue weighted by Gasteiger charge is 2.39. The largest absolute Gasteiger partial charge is 0.495 e. The number of amides is 2. The Morgan fingerprint density at radius 1 is 0.809 bits per heavy atom. The molecule has 10 heteroatoms. The number of carbonyl (C=O) groups excluding carboxylic acids is 2. The van der Waals surface area contributed by atoms with E-state index < -0.39 is 11.1 Å². The lowest BCUT2D eigenvalue weighted by Crippen LogP contribution is -2.48. The lowest BCUT2D eigenvalue weighted by atomic mass is 9.98. The molecule has 5 aromatic rings. The molecule has 236 valence electrons. The van der Waals surface area contributed by atoms with E-state index >= 15 is 0 Å². The average molecular weight is 629 g/mol. The number of methoxy groups -OCH3 is 1. The minimum absolute atomic E-state index is 0.147. The minimum atomic E-state index is -0.556. The van der Waals surface area contributed by atoms with Crippen LogP contribution >= 0.6 is 0 Å². The zero-order valence-electron chi connectivity index (χ0n) is 25.6. The van der Waals surface area contributed by atoms with Crippen molar-refractivity contribution >= 4 is 28.9 Å². The van der Waals surface area contributed by atoms with E-state index in [2.05, 4.69) is 10.2 Å². The fourth-order valence-electron chi connectivity index (χ4n) is 5.69. The first-order valence-corrected chi connectivity index (χ1v) is 15.0. The number of anilines is 2. The number of para-hydroxylation sites is 2. The lowest BCUT2D eigenvalue weighted by Gasteiger charge is -2.46. The smallest absolute Gasteiger partial charge is 0.270 e. The maximum absolute atomic E-state index is 14.2. The van der Waals surface area contributed by atoms with Gasteiger partial charge in [-0.15, -0.1) is 0 Å². The fourth-order valence-corrected chi connectivity index (χ4v) is 5.69. The second-order valence-corrected chi connectivity index (χ2v) is 11.0. The second kappa shape index (κ2) is 13.9. The van der Waals surface area contributed by atoms with Crippen LogP contribution in [0.1, 0.15) is 33.2 Å². The summed E-state index contributed by atoms with van der Waals surface area (Å²) >= 11 is 0. The van der Waals surface area contributed by atoms with Gasteiger partial charge in [-0.05, 0) is 47.0 Å². The molecule has 0 fully saturated rings. The topological polar surface area (TPSA) is 114 Å². The molecule has 5 aromatic carbocycles. The van der Waals surface area contributed by atoms with Crippen molar-refractivity contribution in [1.82, 2.24) is 4.90 Å². The molecule has 6 rings (SSSR count). The molecule has 0 spiro atoms. The molecule has 1 N–H and O–H groups in total. The van der Waals surface area contributed by atoms with Gasteiger partial charge in [-0.3, -0.25) is 19.7 Å². The summed E-state index contributed by atoms with van der Waals surface area (Å²) in [6.07, 6.45) is -0.556. The number of hydrogen-bond acceptors (Lipinski definition) is 7. The predicted octanol–water partition coefficient (Wildman–Crippen LogP) is 6.98. The van der Waals surface area contributed by atoms with Crippen molar-refractivity contribution in [3.05, 3.63) is 160 Å². The monoisotopic (exact) mass is 628 g/mol. The maximum Gasteiger partial charge on any atom is 0.270 e. The van der Waals surface area contributed by atoms with Crippen molar-refractivity contribution < 1.29 is 24.0 Å². The van der Waals surface area contributed by atoms with Crippen molar-refractivity contribution in [3.63, 3.8) is 0 Å². The first-order chi connectivity index (χ1) is 22.9. The Morgan fingerprint density at radius 2 is 1.43 bits per heavy atom. The van der Waals surface area contributed by atoms with Crippen LogP contribution in [0.15, 0.2) is 127 Å². The third kappa shape index (κ3) is 6.91. The van der Waals surface area contributed by atoms with Gasteiger partial charge in [0.05, 0.1) is 29.0 Å². The highest BCUT2D eigenvalue weighted by molar-refractivity contribution is 6.02. The number of carbonyl (C=O) groups is 2. The number of benzene rings is 5. The van der Waals surface area contributed by atoms with Crippen molar-refractivity contribution in [2.45, 2.75) is 19.3 Å². The zero-order chi connectivity index (χ0) is 32.8. The molecule has 0 bridgehead atoms. The van der Waals surface area contributed by atoms with Gasteiger partial charge in [-0.2, -0.15) is 0 Å². The van der Waals surface area contributed by atoms with Crippen LogP contribution in [0.5, 0.6) is 11.5 Å². The van der Waals surface area contributed by atoms with Gasteiger partial charge >= 0.3 is 0 Å². The lowest BCUT2D eigenvalue weighted by molar-refractivity contribution is -0.384. The molecule has 1 aliphatic heterocycles. The first-order valence-electron chi connectivity index (χ1n) is 15.0. The summed E-state index contributed by atoms with van der Waals surface area (Å²) in [5, 5.41) is 14.5. The first kappa shape index (κ1) is 30.8. The van der Waals surface area contributed by atoms with E-state index in [9.17, 15) is 19.7 Å². The van der Waals surface area contributed by atoms with Gasteiger partial charge in [-0.1, -0.05) is 84.9 Å². The van der Waals surface area contributed by atoms with E-state index in [-0.39, 0.29) is 36.2 Å². The van der Waals surface area contributed by atoms with Crippen LogP contribution in [-0.2, 0) is 17.9 Å². The van der Waals surface area contributed by atoms with Gasteiger partial charge in [0.15, 0.2) is 6.61 Å². The van der Waals surface area contributed by atoms with Crippen LogP contribution in [0.3, 0.4) is 0 Å². The normalized spacial score (nSPS) is 13.9. The number of nitro groups is 1. The zero-order valence-corrected chi connectivity index (χ0v) is 25.6. The van der Waals surface area contributed by atoms with Crippen molar-refractivity contribution in [2.24, 2.45) is 0 Å². The Kier molecular flexibility index (Phi) is 9.10. The second-order valence-electron chi connectivity index (χ2n) is 11.0. The Bertz CT molecular complexity index is 1880. The van der Waals surface area contributed by atoms with Crippen LogP contribution in [-0.4, -0.2) is 35.4 Å². The number of non-ortho nitro benzene ring substituents is 1. The summed E-state index contributed by atoms with van der Waals surface area (Å²) in [6.45, 7) is 0.501. The average Bonchev–Trinajstić information content (AvgIpc) is 3.10. The molecule has 0 unspecified atom stereocenters. The predicted molar refractivity (Wildman–Crippen MR) is 178 cm³/mol. The van der Waals surface area contributed by atoms with Gasteiger partial charge < -0.3 is 24.6 Å². The molecule has 1 atom stereocenters. The summed E-state index contributed by atoms with van der Waals surface area (Å²) in [4.78, 5) is 41.9. The molecule has 1 aliphatic rings. The summed E-state index contributed by atoms with van der Waals surface area (Å²) < 4.78 is 11.1. The highest BCUT2D eigenvalue weighted by Crippen LogP contribution is 2.42. The summed E-state index contributed by atoms with van der Waals surface area (Å²) in [5.74, 6) is 0.371. The highest BCUT2D eigenvalue weighted by atomic mass is 16.6. The number of nitrogens with one attached hydrogen (secondary N) is 1. The Hall–Kier alpha value is -6.16. The summed E-state index contributed by atoms with van der Waals surface area (Å²) in [7, 11) is 1.54. The van der Waals surface area contributed by atoms with Gasteiger partial charge in [0.2, 0.25) is 0 Å². The Labute approximate surface area is 271 Å². The Morgan fingerprint density at radius 3 is 2.06 bits per heavy atom. The fraction of sp³-hybridized carbons (Fsp3) is 0.135. The van der Waals surface area contributed by atoms with Crippen LogP contribution in [0.25, 0.3) is 0 Å². The number of nitro benzene ring substituents is 1. The Balaban J connectivity index is 1.32. The third-order valence-corrected chi connectivity index (χ3v) is 7.90. The van der Waals surface area contributed by atoms with E-state index in [1.165, 1.54) is 19.2 Å². The molecule has 1 heterocycles. The van der Waals surface area contributed by atoms with Crippen molar-refractivity contribution in [1.29, 1.82) is 0 Å². The van der Waals surface area contributed by atoms with E-state index in [1.807, 2.05) is 78.9 Å². The van der Waals surface area contributed by atoms with E-state index in [0.29, 0.717) is 29.4 Å². The molecule has 0 radical (unpaired) electrons. The number of ether oxygens (including phenoxy) is 2. The van der Waals surface area contributed by atoms with Crippen molar-refractivity contribution in [3.8, 4) is 11.5 Å². The molecule has 10 nitrogen and oxygen atoms in total. The van der Waals surface area contributed by atoms with Crippen LogP contribution < -0.4 is 19.7 Å². The number of rotatable bonds is 11. The molecule has 2 amide bonds. The van der Waals surface area contributed by atoms with E-state index in [4.69, 9.17) is 9.47 Å². The standard InChI is InChI=1S/C37H32N4O6/c1-46-34-15-9-8-14-32(34)38-35(42)25-47-30-19-16-28(17-20-30)36-39(23-26-10-4-2-5-11-26)33-21-18-29(41(44)45)22-31(33)37(43)40(36)24-27-12-6-3-7-13-27/h2-22,36H,23-25H2,1H3,(H,38,42)/t36-/m0/s1. The van der Waals surface area contributed by atoms with Crippen molar-refractivity contribution in [2.75, 3.05) is 23.9 Å². The van der Waals surface area contributed by atoms with Gasteiger partial charge in [0, 0.05) is 25.2 Å². The number of nitrogens with zero attached hydrogens (tertiary/aromatic N) is 3. The number of fused-ring (bicyclic) bond motifs is 1. The van der Waals surface area contributed by atoms with Gasteiger partial charge in [-0.25, -0.2) is 0 Å². The SMILES string of the molecule is COc1ccccc1NC(=O)COc1ccc([C@@H]2N(Cc3ccccc3)C(=O)c3cc([N+](=O)[O-])ccc3N2Cc2ccccc2)cc1. The van der Waals surface area contributed by atoms with E-state index in [1.54, 1.807) is 41.3 Å².